The normalized spacial score (nSPS) is 10.8. The number of amides is 1. The Kier molecular flexibility index (Phi) is 4.74. The number of hydrogen-bond acceptors (Lipinski definition) is 3. The fourth-order valence-electron chi connectivity index (χ4n) is 2.70. The number of carbonyl (C=O) groups is 1. The Balaban J connectivity index is 1.56. The molecule has 4 aromatic rings. The number of anilines is 1. The van der Waals surface area contributed by atoms with Gasteiger partial charge in [0.1, 0.15) is 5.01 Å². The molecule has 4 rings (SSSR count). The number of hydrogen-bond donors (Lipinski definition) is 1. The van der Waals surface area contributed by atoms with Crippen LogP contribution in [0.4, 0.5) is 5.69 Å². The zero-order valence-electron chi connectivity index (χ0n) is 14.0. The van der Waals surface area contributed by atoms with Gasteiger partial charge in [0, 0.05) is 14.8 Å². The Bertz CT molecular complexity index is 1100. The summed E-state index contributed by atoms with van der Waals surface area (Å²) in [5.74, 6) is -0.0989. The van der Waals surface area contributed by atoms with Gasteiger partial charge in [0.2, 0.25) is 0 Å². The van der Waals surface area contributed by atoms with Crippen LogP contribution in [0.25, 0.3) is 20.8 Å². The molecule has 0 aliphatic rings. The molecule has 0 aliphatic carbocycles. The van der Waals surface area contributed by atoms with E-state index in [1.54, 1.807) is 11.3 Å². The highest BCUT2D eigenvalue weighted by Crippen LogP contribution is 2.31. The van der Waals surface area contributed by atoms with Crippen LogP contribution >= 0.6 is 33.9 Å². The minimum atomic E-state index is -0.0989. The molecule has 0 saturated carbocycles. The lowest BCUT2D eigenvalue weighted by Crippen LogP contribution is -2.13. The highest BCUT2D eigenvalue weighted by atomic mass is 127. The molecule has 0 bridgehead atoms. The van der Waals surface area contributed by atoms with E-state index in [0.717, 1.165) is 25.3 Å². The minimum Gasteiger partial charge on any atom is -0.322 e. The molecule has 0 aliphatic heterocycles. The van der Waals surface area contributed by atoms with Crippen LogP contribution in [0.1, 0.15) is 15.9 Å². The zero-order chi connectivity index (χ0) is 18.1. The van der Waals surface area contributed by atoms with Crippen molar-refractivity contribution < 1.29 is 4.79 Å². The molecule has 1 N–H and O–H groups in total. The second-order valence-electron chi connectivity index (χ2n) is 6.00. The standard InChI is InChI=1S/C21H15IN2OS/c1-13-6-11-18-19(12-13)26-21(24-18)14-7-9-15(10-8-14)23-20(25)16-4-2-3-5-17(16)22/h2-12H,1H3,(H,23,25). The van der Waals surface area contributed by atoms with Crippen molar-refractivity contribution in [3.63, 3.8) is 0 Å². The second-order valence-corrected chi connectivity index (χ2v) is 8.19. The number of thiazole rings is 1. The van der Waals surface area contributed by atoms with Crippen molar-refractivity contribution in [2.45, 2.75) is 6.92 Å². The van der Waals surface area contributed by atoms with Gasteiger partial charge >= 0.3 is 0 Å². The average Bonchev–Trinajstić information content (AvgIpc) is 3.05. The highest BCUT2D eigenvalue weighted by Gasteiger charge is 2.10. The third-order valence-corrected chi connectivity index (χ3v) is 6.06. The fraction of sp³-hybridized carbons (Fsp3) is 0.0476. The quantitative estimate of drug-likeness (QED) is 0.366. The molecule has 0 fully saturated rings. The number of fused-ring (bicyclic) bond motifs is 1. The first-order valence-corrected chi connectivity index (χ1v) is 10.0. The number of aromatic nitrogens is 1. The van der Waals surface area contributed by atoms with Crippen molar-refractivity contribution in [2.24, 2.45) is 0 Å². The zero-order valence-corrected chi connectivity index (χ0v) is 17.0. The third kappa shape index (κ3) is 3.50. The van der Waals surface area contributed by atoms with Gasteiger partial charge in [-0.25, -0.2) is 4.98 Å². The minimum absolute atomic E-state index is 0.0989. The Morgan fingerprint density at radius 3 is 2.58 bits per heavy atom. The Labute approximate surface area is 169 Å². The van der Waals surface area contributed by atoms with Gasteiger partial charge in [0.15, 0.2) is 0 Å². The van der Waals surface area contributed by atoms with Crippen molar-refractivity contribution in [1.29, 1.82) is 0 Å². The van der Waals surface area contributed by atoms with Crippen LogP contribution in [0, 0.1) is 10.5 Å². The van der Waals surface area contributed by atoms with Crippen LogP contribution in [-0.2, 0) is 0 Å². The Hall–Kier alpha value is -2.25. The molecule has 3 nitrogen and oxygen atoms in total. The van der Waals surface area contributed by atoms with E-state index in [1.165, 1.54) is 10.3 Å². The van der Waals surface area contributed by atoms with Crippen molar-refractivity contribution in [2.75, 3.05) is 5.32 Å². The molecule has 0 saturated heterocycles. The summed E-state index contributed by atoms with van der Waals surface area (Å²) in [6.45, 7) is 2.09. The van der Waals surface area contributed by atoms with Gasteiger partial charge < -0.3 is 5.32 Å². The number of halogens is 1. The molecule has 1 amide bonds. The van der Waals surface area contributed by atoms with Gasteiger partial charge in [-0.3, -0.25) is 4.79 Å². The van der Waals surface area contributed by atoms with Crippen molar-refractivity contribution in [3.05, 3.63) is 81.4 Å². The third-order valence-electron chi connectivity index (χ3n) is 4.05. The van der Waals surface area contributed by atoms with Gasteiger partial charge in [-0.2, -0.15) is 0 Å². The van der Waals surface area contributed by atoms with E-state index in [9.17, 15) is 4.79 Å². The molecule has 1 aromatic heterocycles. The van der Waals surface area contributed by atoms with E-state index in [1.807, 2.05) is 48.5 Å². The number of nitrogens with one attached hydrogen (secondary N) is 1. The van der Waals surface area contributed by atoms with Crippen molar-refractivity contribution >= 4 is 55.7 Å². The Morgan fingerprint density at radius 2 is 1.81 bits per heavy atom. The molecular weight excluding hydrogens is 455 g/mol. The lowest BCUT2D eigenvalue weighted by Gasteiger charge is -2.07. The smallest absolute Gasteiger partial charge is 0.256 e. The molecule has 128 valence electrons. The molecule has 0 atom stereocenters. The summed E-state index contributed by atoms with van der Waals surface area (Å²) in [5.41, 5.74) is 4.76. The van der Waals surface area contributed by atoms with Crippen LogP contribution in [0.15, 0.2) is 66.7 Å². The lowest BCUT2D eigenvalue weighted by atomic mass is 10.2. The summed E-state index contributed by atoms with van der Waals surface area (Å²) in [5, 5.41) is 3.94. The van der Waals surface area contributed by atoms with E-state index in [2.05, 4.69) is 53.0 Å². The van der Waals surface area contributed by atoms with Gasteiger partial charge in [-0.15, -0.1) is 11.3 Å². The largest absolute Gasteiger partial charge is 0.322 e. The van der Waals surface area contributed by atoms with Gasteiger partial charge in [-0.1, -0.05) is 18.2 Å². The maximum Gasteiger partial charge on any atom is 0.256 e. The van der Waals surface area contributed by atoms with Crippen LogP contribution in [0.2, 0.25) is 0 Å². The summed E-state index contributed by atoms with van der Waals surface area (Å²) in [4.78, 5) is 17.1. The molecular formula is C21H15IN2OS. The molecule has 0 spiro atoms. The number of nitrogens with zero attached hydrogens (tertiary/aromatic N) is 1. The predicted molar refractivity (Wildman–Crippen MR) is 117 cm³/mol. The highest BCUT2D eigenvalue weighted by molar-refractivity contribution is 14.1. The number of aryl methyl sites for hydroxylation is 1. The van der Waals surface area contributed by atoms with Gasteiger partial charge in [0.05, 0.1) is 15.8 Å². The summed E-state index contributed by atoms with van der Waals surface area (Å²) in [7, 11) is 0. The molecule has 3 aromatic carbocycles. The first-order chi connectivity index (χ1) is 12.6. The van der Waals surface area contributed by atoms with Crippen molar-refractivity contribution in [1.82, 2.24) is 4.98 Å². The van der Waals surface area contributed by atoms with Crippen LogP contribution in [0.5, 0.6) is 0 Å². The van der Waals surface area contributed by atoms with E-state index in [4.69, 9.17) is 4.98 Å². The number of carbonyl (C=O) groups excluding carboxylic acids is 1. The van der Waals surface area contributed by atoms with E-state index in [0.29, 0.717) is 5.56 Å². The fourth-order valence-corrected chi connectivity index (χ4v) is 4.40. The molecule has 1 heterocycles. The molecule has 0 radical (unpaired) electrons. The van der Waals surface area contributed by atoms with E-state index < -0.39 is 0 Å². The van der Waals surface area contributed by atoms with Crippen LogP contribution < -0.4 is 5.32 Å². The van der Waals surface area contributed by atoms with Gasteiger partial charge in [0.25, 0.3) is 5.91 Å². The molecule has 26 heavy (non-hydrogen) atoms. The second kappa shape index (κ2) is 7.17. The monoisotopic (exact) mass is 470 g/mol. The topological polar surface area (TPSA) is 42.0 Å². The first kappa shape index (κ1) is 17.2. The summed E-state index contributed by atoms with van der Waals surface area (Å²) in [6.07, 6.45) is 0. The van der Waals surface area contributed by atoms with Gasteiger partial charge in [-0.05, 0) is 83.6 Å². The van der Waals surface area contributed by atoms with Crippen LogP contribution in [0.3, 0.4) is 0 Å². The maximum absolute atomic E-state index is 12.4. The average molecular weight is 470 g/mol. The predicted octanol–water partition coefficient (Wildman–Crippen LogP) is 6.13. The van der Waals surface area contributed by atoms with E-state index >= 15 is 0 Å². The summed E-state index contributed by atoms with van der Waals surface area (Å²) in [6, 6.07) is 21.7. The number of benzene rings is 3. The number of rotatable bonds is 3. The molecule has 5 heteroatoms. The maximum atomic E-state index is 12.4. The lowest BCUT2D eigenvalue weighted by molar-refractivity contribution is 0.102. The Morgan fingerprint density at radius 1 is 1.04 bits per heavy atom. The summed E-state index contributed by atoms with van der Waals surface area (Å²) < 4.78 is 2.13. The SMILES string of the molecule is Cc1ccc2nc(-c3ccc(NC(=O)c4ccccc4I)cc3)sc2c1. The molecule has 0 unspecified atom stereocenters. The first-order valence-electron chi connectivity index (χ1n) is 8.14. The summed E-state index contributed by atoms with van der Waals surface area (Å²) >= 11 is 3.86. The van der Waals surface area contributed by atoms with Crippen LogP contribution in [-0.4, -0.2) is 10.9 Å². The van der Waals surface area contributed by atoms with Crippen molar-refractivity contribution in [3.8, 4) is 10.6 Å². The van der Waals surface area contributed by atoms with E-state index in [-0.39, 0.29) is 5.91 Å².